The molecule has 12 heteroatoms. The molecule has 11 nitrogen and oxygen atoms in total. The Balaban J connectivity index is 1.58. The van der Waals surface area contributed by atoms with Crippen LogP contribution in [0.1, 0.15) is 16.2 Å². The van der Waals surface area contributed by atoms with Crippen LogP contribution in [0.5, 0.6) is 0 Å². The van der Waals surface area contributed by atoms with E-state index in [2.05, 4.69) is 25.5 Å². The maximum Gasteiger partial charge on any atom is 0.302 e. The van der Waals surface area contributed by atoms with Gasteiger partial charge in [-0.2, -0.15) is 14.9 Å². The number of aromatic nitrogens is 4. The number of hydrogen-bond acceptors (Lipinski definition) is 7. The highest BCUT2D eigenvalue weighted by molar-refractivity contribution is 6.30. The monoisotopic (exact) mass is 451 g/mol. The van der Waals surface area contributed by atoms with Crippen molar-refractivity contribution in [1.82, 2.24) is 20.0 Å². The Hall–Kier alpha value is -4.38. The number of H-pyrrole nitrogens is 2. The van der Waals surface area contributed by atoms with Crippen molar-refractivity contribution in [3.63, 3.8) is 0 Å². The second-order valence-electron chi connectivity index (χ2n) is 6.68. The highest BCUT2D eigenvalue weighted by atomic mass is 35.5. The van der Waals surface area contributed by atoms with E-state index < -0.39 is 16.4 Å². The molecular formula is C20H14ClN7O4. The number of non-ortho nitro benzene ring substituents is 1. The van der Waals surface area contributed by atoms with E-state index in [1.165, 1.54) is 30.3 Å². The molecule has 2 aromatic carbocycles. The molecule has 0 bridgehead atoms. The zero-order chi connectivity index (χ0) is 22.8. The van der Waals surface area contributed by atoms with Crippen LogP contribution in [0.4, 0.5) is 17.1 Å². The number of carbonyl (C=O) groups is 1. The number of benzene rings is 2. The van der Waals surface area contributed by atoms with Crippen molar-refractivity contribution in [2.45, 2.75) is 6.92 Å². The van der Waals surface area contributed by atoms with Crippen LogP contribution < -0.4 is 5.56 Å². The van der Waals surface area contributed by atoms with E-state index in [9.17, 15) is 19.7 Å². The number of azo groups is 1. The molecule has 0 radical (unpaired) electrons. The predicted octanol–water partition coefficient (Wildman–Crippen LogP) is 4.54. The van der Waals surface area contributed by atoms with Crippen molar-refractivity contribution in [2.24, 2.45) is 10.2 Å². The zero-order valence-corrected chi connectivity index (χ0v) is 17.2. The van der Waals surface area contributed by atoms with Crippen molar-refractivity contribution in [1.29, 1.82) is 0 Å². The van der Waals surface area contributed by atoms with E-state index in [1.54, 1.807) is 31.2 Å². The van der Waals surface area contributed by atoms with Crippen LogP contribution in [0.25, 0.3) is 11.3 Å². The van der Waals surface area contributed by atoms with E-state index in [1.807, 2.05) is 0 Å². The van der Waals surface area contributed by atoms with Gasteiger partial charge in [-0.3, -0.25) is 29.9 Å². The molecule has 0 saturated carbocycles. The number of nitrogens with zero attached hydrogens (tertiary/aromatic N) is 5. The molecule has 0 atom stereocenters. The first-order valence-corrected chi connectivity index (χ1v) is 9.55. The van der Waals surface area contributed by atoms with Gasteiger partial charge in [0.1, 0.15) is 5.69 Å². The fourth-order valence-electron chi connectivity index (χ4n) is 2.87. The zero-order valence-electron chi connectivity index (χ0n) is 16.4. The summed E-state index contributed by atoms with van der Waals surface area (Å²) in [5.41, 5.74) is 1.15. The minimum Gasteiger partial charge on any atom is -0.290 e. The Kier molecular flexibility index (Phi) is 5.48. The molecule has 2 aromatic heterocycles. The van der Waals surface area contributed by atoms with Gasteiger partial charge in [0.25, 0.3) is 11.6 Å². The highest BCUT2D eigenvalue weighted by Gasteiger charge is 2.20. The molecule has 0 amide bonds. The van der Waals surface area contributed by atoms with Gasteiger partial charge in [0.15, 0.2) is 5.69 Å². The first-order chi connectivity index (χ1) is 15.3. The van der Waals surface area contributed by atoms with Gasteiger partial charge >= 0.3 is 5.56 Å². The lowest BCUT2D eigenvalue weighted by Gasteiger charge is -1.96. The molecule has 160 valence electrons. The van der Waals surface area contributed by atoms with Crippen molar-refractivity contribution in [3.05, 3.63) is 91.5 Å². The summed E-state index contributed by atoms with van der Waals surface area (Å²) in [5, 5.41) is 28.5. The number of nitro groups is 1. The highest BCUT2D eigenvalue weighted by Crippen LogP contribution is 2.22. The summed E-state index contributed by atoms with van der Waals surface area (Å²) in [7, 11) is 0. The molecule has 32 heavy (non-hydrogen) atoms. The van der Waals surface area contributed by atoms with Crippen LogP contribution in [-0.2, 0) is 0 Å². The number of aryl methyl sites for hydroxylation is 1. The minimum atomic E-state index is -0.694. The molecule has 0 aliphatic carbocycles. The molecule has 0 spiro atoms. The van der Waals surface area contributed by atoms with Gasteiger partial charge in [0.2, 0.25) is 0 Å². The smallest absolute Gasteiger partial charge is 0.290 e. The molecular weight excluding hydrogens is 438 g/mol. The van der Waals surface area contributed by atoms with E-state index >= 15 is 0 Å². The molecule has 2 N–H and O–H groups in total. The van der Waals surface area contributed by atoms with Gasteiger partial charge in [-0.05, 0) is 37.3 Å². The SMILES string of the molecule is Cc1[nH]n(C(=O)c2cc(-c3ccc(Cl)cc3)n[nH]2)c(=O)c1N=Nc1ccc([N+](=O)[O-])cc1. The third kappa shape index (κ3) is 4.09. The van der Waals surface area contributed by atoms with Crippen LogP contribution in [0.2, 0.25) is 5.02 Å². The molecule has 0 fully saturated rings. The third-order valence-electron chi connectivity index (χ3n) is 4.52. The molecule has 2 heterocycles. The van der Waals surface area contributed by atoms with Gasteiger partial charge in [-0.15, -0.1) is 5.11 Å². The first-order valence-electron chi connectivity index (χ1n) is 9.17. The van der Waals surface area contributed by atoms with Crippen molar-refractivity contribution in [2.75, 3.05) is 0 Å². The van der Waals surface area contributed by atoms with Crippen LogP contribution >= 0.6 is 11.6 Å². The number of hydrogen-bond donors (Lipinski definition) is 2. The van der Waals surface area contributed by atoms with Crippen LogP contribution in [0.15, 0.2) is 69.6 Å². The maximum absolute atomic E-state index is 12.8. The number of nitrogens with one attached hydrogen (secondary N) is 2. The molecule has 0 saturated heterocycles. The summed E-state index contributed by atoms with van der Waals surface area (Å²) in [6, 6.07) is 13.8. The lowest BCUT2D eigenvalue weighted by Crippen LogP contribution is -2.25. The second-order valence-corrected chi connectivity index (χ2v) is 7.11. The van der Waals surface area contributed by atoms with Crippen molar-refractivity contribution >= 4 is 34.6 Å². The number of aromatic amines is 2. The Morgan fingerprint density at radius 3 is 2.47 bits per heavy atom. The van der Waals surface area contributed by atoms with Gasteiger partial charge < -0.3 is 0 Å². The Morgan fingerprint density at radius 2 is 1.81 bits per heavy atom. The molecule has 4 rings (SSSR count). The van der Waals surface area contributed by atoms with Gasteiger partial charge in [0, 0.05) is 22.7 Å². The Morgan fingerprint density at radius 1 is 1.12 bits per heavy atom. The topological polar surface area (TPSA) is 151 Å². The number of carbonyl (C=O) groups excluding carboxylic acids is 1. The van der Waals surface area contributed by atoms with Crippen LogP contribution in [-0.4, -0.2) is 30.8 Å². The number of rotatable bonds is 5. The fraction of sp³-hybridized carbons (Fsp3) is 0.0500. The lowest BCUT2D eigenvalue weighted by molar-refractivity contribution is -0.384. The Bertz CT molecular complexity index is 1400. The summed E-state index contributed by atoms with van der Waals surface area (Å²) < 4.78 is 0.804. The molecule has 0 aliphatic heterocycles. The summed E-state index contributed by atoms with van der Waals surface area (Å²) in [4.78, 5) is 35.7. The fourth-order valence-corrected chi connectivity index (χ4v) is 2.99. The Labute approximate surface area is 184 Å². The summed E-state index contributed by atoms with van der Waals surface area (Å²) in [6.07, 6.45) is 0. The average Bonchev–Trinajstić information content (AvgIpc) is 3.38. The third-order valence-corrected chi connectivity index (χ3v) is 4.77. The lowest BCUT2D eigenvalue weighted by atomic mass is 10.1. The van der Waals surface area contributed by atoms with Crippen LogP contribution in [0.3, 0.4) is 0 Å². The maximum atomic E-state index is 12.8. The van der Waals surface area contributed by atoms with E-state index in [0.29, 0.717) is 22.1 Å². The van der Waals surface area contributed by atoms with E-state index in [-0.39, 0.29) is 17.1 Å². The van der Waals surface area contributed by atoms with E-state index in [0.717, 1.165) is 10.2 Å². The van der Waals surface area contributed by atoms with E-state index in [4.69, 9.17) is 11.6 Å². The average molecular weight is 452 g/mol. The largest absolute Gasteiger partial charge is 0.302 e. The normalized spacial score (nSPS) is 11.2. The van der Waals surface area contributed by atoms with Gasteiger partial charge in [0.05, 0.1) is 22.0 Å². The standard InChI is InChI=1S/C20H14ClN7O4/c1-11-18(25-22-14-6-8-15(9-7-14)28(31)32)20(30)27(26-11)19(29)17-10-16(23-24-17)12-2-4-13(21)5-3-12/h2-10,26H,1H3,(H,23,24). The summed E-state index contributed by atoms with van der Waals surface area (Å²) in [6.45, 7) is 1.57. The molecule has 0 aliphatic rings. The number of halogens is 1. The summed E-state index contributed by atoms with van der Waals surface area (Å²) in [5.74, 6) is -0.650. The molecule has 4 aromatic rings. The van der Waals surface area contributed by atoms with Crippen molar-refractivity contribution in [3.8, 4) is 11.3 Å². The second kappa shape index (κ2) is 8.40. The van der Waals surface area contributed by atoms with Crippen LogP contribution in [0, 0.1) is 17.0 Å². The molecule has 0 unspecified atom stereocenters. The minimum absolute atomic E-state index is 0.0610. The van der Waals surface area contributed by atoms with Crippen molar-refractivity contribution < 1.29 is 9.72 Å². The van der Waals surface area contributed by atoms with Gasteiger partial charge in [-0.1, -0.05) is 23.7 Å². The number of nitro benzene ring substituents is 1. The summed E-state index contributed by atoms with van der Waals surface area (Å²) >= 11 is 5.89. The first kappa shape index (κ1) is 20.9. The predicted molar refractivity (Wildman–Crippen MR) is 116 cm³/mol. The van der Waals surface area contributed by atoms with Gasteiger partial charge in [-0.25, -0.2) is 0 Å². The quantitative estimate of drug-likeness (QED) is 0.259.